The Morgan fingerprint density at radius 3 is 2.60 bits per heavy atom. The zero-order valence-corrected chi connectivity index (χ0v) is 15.6. The Hall–Kier alpha value is -1.55. The van der Waals surface area contributed by atoms with E-state index in [2.05, 4.69) is 11.0 Å². The summed E-state index contributed by atoms with van der Waals surface area (Å²) in [5.41, 5.74) is 3.10. The zero-order valence-electron chi connectivity index (χ0n) is 14.1. The fourth-order valence-electron chi connectivity index (χ4n) is 3.67. The lowest BCUT2D eigenvalue weighted by molar-refractivity contribution is -0.145. The minimum atomic E-state index is -0.775. The average Bonchev–Trinajstić information content (AvgIpc) is 2.59. The van der Waals surface area contributed by atoms with Gasteiger partial charge in [-0.25, -0.2) is 0 Å². The minimum absolute atomic E-state index is 0.202. The lowest BCUT2D eigenvalue weighted by Crippen LogP contribution is -2.47. The molecule has 0 spiro atoms. The third kappa shape index (κ3) is 3.84. The molecule has 1 heterocycles. The van der Waals surface area contributed by atoms with Crippen LogP contribution in [0.4, 0.5) is 0 Å². The van der Waals surface area contributed by atoms with Gasteiger partial charge in [-0.05, 0) is 55.1 Å². The van der Waals surface area contributed by atoms with Crippen molar-refractivity contribution in [3.63, 3.8) is 0 Å². The highest BCUT2D eigenvalue weighted by atomic mass is 35.5. The van der Waals surface area contributed by atoms with Gasteiger partial charge in [0.1, 0.15) is 6.04 Å². The zero-order chi connectivity index (χ0) is 18.0. The number of benzene rings is 2. The molecule has 0 bridgehead atoms. The maximum atomic E-state index is 11.9. The maximum Gasteiger partial charge on any atom is 0.320 e. The summed E-state index contributed by atoms with van der Waals surface area (Å²) < 4.78 is 0. The number of carbonyl (C=O) groups is 1. The second-order valence-corrected chi connectivity index (χ2v) is 7.36. The molecule has 2 aromatic carbocycles. The number of hydrogen-bond acceptors (Lipinski definition) is 2. The number of nitrogens with zero attached hydrogens (tertiary/aromatic N) is 1. The fraction of sp³-hybridized carbons (Fsp3) is 0.350. The third-order valence-electron chi connectivity index (χ3n) is 4.90. The molecule has 1 N–H and O–H groups in total. The van der Waals surface area contributed by atoms with Crippen molar-refractivity contribution in [2.45, 2.75) is 38.3 Å². The molecule has 132 valence electrons. The molecule has 2 atom stereocenters. The van der Waals surface area contributed by atoms with Gasteiger partial charge in [0.2, 0.25) is 0 Å². The fourth-order valence-corrected chi connectivity index (χ4v) is 4.18. The van der Waals surface area contributed by atoms with Crippen molar-refractivity contribution in [3.8, 4) is 0 Å². The van der Waals surface area contributed by atoms with Crippen LogP contribution in [0, 0.1) is 6.92 Å². The van der Waals surface area contributed by atoms with Crippen LogP contribution in [0.5, 0.6) is 0 Å². The molecule has 2 aromatic rings. The molecule has 3 nitrogen and oxygen atoms in total. The first-order chi connectivity index (χ1) is 12.0. The topological polar surface area (TPSA) is 40.5 Å². The summed E-state index contributed by atoms with van der Waals surface area (Å²) in [6, 6.07) is 12.8. The average molecular weight is 378 g/mol. The summed E-state index contributed by atoms with van der Waals surface area (Å²) in [4.78, 5) is 13.9. The summed E-state index contributed by atoms with van der Waals surface area (Å²) >= 11 is 12.6. The van der Waals surface area contributed by atoms with Crippen molar-refractivity contribution in [1.29, 1.82) is 0 Å². The van der Waals surface area contributed by atoms with E-state index in [0.29, 0.717) is 16.5 Å². The highest BCUT2D eigenvalue weighted by Gasteiger charge is 2.36. The molecule has 1 fully saturated rings. The number of piperidine rings is 1. The first kappa shape index (κ1) is 18.2. The van der Waals surface area contributed by atoms with Crippen LogP contribution in [-0.4, -0.2) is 28.6 Å². The Morgan fingerprint density at radius 2 is 1.92 bits per heavy atom. The van der Waals surface area contributed by atoms with E-state index in [4.69, 9.17) is 23.2 Å². The van der Waals surface area contributed by atoms with Gasteiger partial charge in [0.15, 0.2) is 0 Å². The molecule has 0 aliphatic carbocycles. The predicted molar refractivity (Wildman–Crippen MR) is 101 cm³/mol. The van der Waals surface area contributed by atoms with E-state index in [1.165, 1.54) is 0 Å². The lowest BCUT2D eigenvalue weighted by atomic mass is 9.89. The quantitative estimate of drug-likeness (QED) is 0.782. The van der Waals surface area contributed by atoms with Gasteiger partial charge in [-0.3, -0.25) is 9.69 Å². The summed E-state index contributed by atoms with van der Waals surface area (Å²) in [7, 11) is 0. The van der Waals surface area contributed by atoms with E-state index < -0.39 is 12.0 Å². The molecule has 25 heavy (non-hydrogen) atoms. The van der Waals surface area contributed by atoms with E-state index in [1.54, 1.807) is 6.07 Å². The van der Waals surface area contributed by atoms with Crippen molar-refractivity contribution < 1.29 is 9.90 Å². The van der Waals surface area contributed by atoms with Crippen LogP contribution in [-0.2, 0) is 4.79 Å². The molecule has 0 saturated carbocycles. The molecular formula is C20H21Cl2NO2. The second kappa shape index (κ2) is 7.77. The van der Waals surface area contributed by atoms with Gasteiger partial charge in [-0.1, -0.05) is 60.0 Å². The third-order valence-corrected chi connectivity index (χ3v) is 5.46. The van der Waals surface area contributed by atoms with Crippen molar-refractivity contribution in [1.82, 2.24) is 4.90 Å². The number of carboxylic acids is 1. The highest BCUT2D eigenvalue weighted by molar-refractivity contribution is 6.35. The van der Waals surface area contributed by atoms with Crippen LogP contribution in [0.1, 0.15) is 42.0 Å². The van der Waals surface area contributed by atoms with E-state index in [1.807, 2.05) is 37.3 Å². The van der Waals surface area contributed by atoms with Gasteiger partial charge in [0.05, 0.1) is 6.04 Å². The normalized spacial score (nSPS) is 19.6. The highest BCUT2D eigenvalue weighted by Crippen LogP contribution is 2.39. The van der Waals surface area contributed by atoms with Crippen molar-refractivity contribution in [3.05, 3.63) is 69.2 Å². The molecule has 2 unspecified atom stereocenters. The monoisotopic (exact) mass is 377 g/mol. The van der Waals surface area contributed by atoms with Gasteiger partial charge >= 0.3 is 5.97 Å². The number of likely N-dealkylation sites (tertiary alicyclic amines) is 1. The van der Waals surface area contributed by atoms with Crippen LogP contribution in [0.25, 0.3) is 0 Å². The predicted octanol–water partition coefficient (Wildman–Crippen LogP) is 5.33. The van der Waals surface area contributed by atoms with Gasteiger partial charge in [-0.15, -0.1) is 0 Å². The lowest BCUT2D eigenvalue weighted by Gasteiger charge is -2.40. The number of rotatable bonds is 4. The molecule has 0 aromatic heterocycles. The first-order valence-electron chi connectivity index (χ1n) is 8.48. The van der Waals surface area contributed by atoms with Gasteiger partial charge in [0.25, 0.3) is 0 Å². The summed E-state index contributed by atoms with van der Waals surface area (Å²) in [5.74, 6) is -0.775. The van der Waals surface area contributed by atoms with Crippen LogP contribution >= 0.6 is 23.2 Å². The number of carboxylic acid groups (broad SMARTS) is 1. The number of halogens is 2. The molecule has 0 radical (unpaired) electrons. The summed E-state index contributed by atoms with van der Waals surface area (Å²) in [6.45, 7) is 2.78. The molecule has 3 rings (SSSR count). The van der Waals surface area contributed by atoms with Gasteiger partial charge < -0.3 is 5.11 Å². The number of hydrogen-bond donors (Lipinski definition) is 1. The molecule has 1 aliphatic rings. The van der Waals surface area contributed by atoms with Gasteiger partial charge in [-0.2, -0.15) is 0 Å². The Morgan fingerprint density at radius 1 is 1.16 bits per heavy atom. The van der Waals surface area contributed by atoms with E-state index in [-0.39, 0.29) is 6.04 Å². The van der Waals surface area contributed by atoms with Crippen molar-refractivity contribution in [2.75, 3.05) is 6.54 Å². The second-order valence-electron chi connectivity index (χ2n) is 6.51. The Balaban J connectivity index is 2.15. The molecule has 0 amide bonds. The molecular weight excluding hydrogens is 357 g/mol. The van der Waals surface area contributed by atoms with Crippen LogP contribution in [0.15, 0.2) is 42.5 Å². The van der Waals surface area contributed by atoms with E-state index >= 15 is 0 Å². The van der Waals surface area contributed by atoms with E-state index in [9.17, 15) is 9.90 Å². The van der Waals surface area contributed by atoms with E-state index in [0.717, 1.165) is 36.1 Å². The Kier molecular flexibility index (Phi) is 5.67. The molecule has 1 aliphatic heterocycles. The minimum Gasteiger partial charge on any atom is -0.480 e. The molecule has 5 heteroatoms. The maximum absolute atomic E-state index is 11.9. The largest absolute Gasteiger partial charge is 0.480 e. The molecule has 1 saturated heterocycles. The van der Waals surface area contributed by atoms with Crippen molar-refractivity contribution in [2.24, 2.45) is 0 Å². The van der Waals surface area contributed by atoms with Gasteiger partial charge in [0, 0.05) is 10.0 Å². The van der Waals surface area contributed by atoms with Crippen molar-refractivity contribution >= 4 is 29.2 Å². The van der Waals surface area contributed by atoms with Crippen LogP contribution < -0.4 is 0 Å². The summed E-state index contributed by atoms with van der Waals surface area (Å²) in [5, 5.41) is 10.9. The number of aryl methyl sites for hydroxylation is 1. The van der Waals surface area contributed by atoms with Crippen LogP contribution in [0.3, 0.4) is 0 Å². The standard InChI is InChI=1S/C20H21Cl2NO2/c1-13-6-2-3-7-15(13)19(16-10-9-14(21)12-17(16)22)23-11-5-4-8-18(23)20(24)25/h2-3,6-7,9-10,12,18-19H,4-5,8,11H2,1H3,(H,24,25). The Bertz CT molecular complexity index is 778. The smallest absolute Gasteiger partial charge is 0.320 e. The Labute approximate surface area is 158 Å². The summed E-state index contributed by atoms with van der Waals surface area (Å²) in [6.07, 6.45) is 2.57. The first-order valence-corrected chi connectivity index (χ1v) is 9.23. The van der Waals surface area contributed by atoms with Crippen LogP contribution in [0.2, 0.25) is 10.0 Å². The number of aliphatic carboxylic acids is 1. The SMILES string of the molecule is Cc1ccccc1C(c1ccc(Cl)cc1Cl)N1CCCCC1C(=O)O.